The second-order valence-electron chi connectivity index (χ2n) is 6.88. The SMILES string of the molecule is CCNC(=NCC(=O)Nc1cccnc1)NC1CCN(c2cc(Cl)ccc2OC)C1.I. The number of carbonyl (C=O) groups is 1. The van der Waals surface area contributed by atoms with Crippen molar-refractivity contribution < 1.29 is 9.53 Å². The summed E-state index contributed by atoms with van der Waals surface area (Å²) in [6.45, 7) is 4.36. The lowest BCUT2D eigenvalue weighted by Crippen LogP contribution is -2.45. The highest BCUT2D eigenvalue weighted by Gasteiger charge is 2.25. The van der Waals surface area contributed by atoms with Crippen LogP contribution in [0.1, 0.15) is 13.3 Å². The summed E-state index contributed by atoms with van der Waals surface area (Å²) in [4.78, 5) is 22.8. The Kier molecular flexibility index (Phi) is 10.1. The lowest BCUT2D eigenvalue weighted by molar-refractivity contribution is -0.114. The third kappa shape index (κ3) is 7.42. The highest BCUT2D eigenvalue weighted by Crippen LogP contribution is 2.33. The normalized spacial score (nSPS) is 15.8. The molecule has 0 radical (unpaired) electrons. The number of halogens is 2. The topological polar surface area (TPSA) is 90.9 Å². The quantitative estimate of drug-likeness (QED) is 0.275. The Bertz CT molecular complexity index is 883. The summed E-state index contributed by atoms with van der Waals surface area (Å²) in [6.07, 6.45) is 4.19. The standard InChI is InChI=1S/C21H27ClN6O2.HI/c1-3-24-21(25-13-20(29)26-16-5-4-9-23-12-16)27-17-8-10-28(14-17)18-11-15(22)6-7-19(18)30-2;/h4-7,9,11-12,17H,3,8,10,13-14H2,1-2H3,(H,26,29)(H2,24,25,27);1H. The number of nitrogens with zero attached hydrogens (tertiary/aromatic N) is 3. The molecule has 3 rings (SSSR count). The molecule has 1 aliphatic rings. The summed E-state index contributed by atoms with van der Waals surface area (Å²) in [5, 5.41) is 10.1. The van der Waals surface area contributed by atoms with Crippen molar-refractivity contribution in [2.45, 2.75) is 19.4 Å². The van der Waals surface area contributed by atoms with Crippen LogP contribution in [-0.2, 0) is 4.79 Å². The zero-order valence-electron chi connectivity index (χ0n) is 17.6. The number of carbonyl (C=O) groups excluding carboxylic acids is 1. The van der Waals surface area contributed by atoms with Crippen molar-refractivity contribution in [2.24, 2.45) is 4.99 Å². The molecule has 0 saturated carbocycles. The van der Waals surface area contributed by atoms with Crippen LogP contribution in [0.2, 0.25) is 5.02 Å². The predicted molar refractivity (Wildman–Crippen MR) is 136 cm³/mol. The van der Waals surface area contributed by atoms with Crippen LogP contribution in [0, 0.1) is 0 Å². The van der Waals surface area contributed by atoms with Crippen molar-refractivity contribution in [3.8, 4) is 5.75 Å². The van der Waals surface area contributed by atoms with Gasteiger partial charge in [0, 0.05) is 36.9 Å². The van der Waals surface area contributed by atoms with Gasteiger partial charge in [-0.3, -0.25) is 9.78 Å². The van der Waals surface area contributed by atoms with Crippen LogP contribution in [0.5, 0.6) is 5.75 Å². The van der Waals surface area contributed by atoms with E-state index in [4.69, 9.17) is 16.3 Å². The van der Waals surface area contributed by atoms with Gasteiger partial charge < -0.3 is 25.6 Å². The lowest BCUT2D eigenvalue weighted by Gasteiger charge is -2.22. The number of methoxy groups -OCH3 is 1. The largest absolute Gasteiger partial charge is 0.495 e. The van der Waals surface area contributed by atoms with Crippen LogP contribution in [0.4, 0.5) is 11.4 Å². The Hall–Kier alpha value is -2.27. The molecule has 0 aliphatic carbocycles. The monoisotopic (exact) mass is 558 g/mol. The molecule has 2 heterocycles. The molecule has 8 nitrogen and oxygen atoms in total. The Balaban J connectivity index is 0.00000341. The van der Waals surface area contributed by atoms with Gasteiger partial charge in [0.25, 0.3) is 0 Å². The second kappa shape index (κ2) is 12.6. The molecule has 31 heavy (non-hydrogen) atoms. The molecule has 10 heteroatoms. The van der Waals surface area contributed by atoms with Gasteiger partial charge in [-0.15, -0.1) is 24.0 Å². The van der Waals surface area contributed by atoms with E-state index >= 15 is 0 Å². The summed E-state index contributed by atoms with van der Waals surface area (Å²) in [7, 11) is 1.66. The van der Waals surface area contributed by atoms with E-state index in [-0.39, 0.29) is 42.5 Å². The molecule has 1 atom stereocenters. The van der Waals surface area contributed by atoms with Gasteiger partial charge in [-0.2, -0.15) is 0 Å². The molecule has 1 unspecified atom stereocenters. The van der Waals surface area contributed by atoms with Gasteiger partial charge in [-0.05, 0) is 43.7 Å². The first kappa shape index (κ1) is 25.0. The van der Waals surface area contributed by atoms with E-state index < -0.39 is 0 Å². The van der Waals surface area contributed by atoms with Crippen molar-refractivity contribution >= 4 is 58.8 Å². The molecular formula is C21H28ClIN6O2. The van der Waals surface area contributed by atoms with Crippen molar-refractivity contribution in [1.29, 1.82) is 0 Å². The fourth-order valence-corrected chi connectivity index (χ4v) is 3.47. The van der Waals surface area contributed by atoms with Crippen LogP contribution >= 0.6 is 35.6 Å². The van der Waals surface area contributed by atoms with Crippen LogP contribution in [0.15, 0.2) is 47.7 Å². The van der Waals surface area contributed by atoms with E-state index in [9.17, 15) is 4.79 Å². The maximum atomic E-state index is 12.2. The number of nitrogens with one attached hydrogen (secondary N) is 3. The van der Waals surface area contributed by atoms with Crippen molar-refractivity contribution in [3.05, 3.63) is 47.7 Å². The van der Waals surface area contributed by atoms with Crippen molar-refractivity contribution in [1.82, 2.24) is 15.6 Å². The van der Waals surface area contributed by atoms with Gasteiger partial charge in [0.2, 0.25) is 5.91 Å². The molecule has 1 aromatic heterocycles. The van der Waals surface area contributed by atoms with Crippen molar-refractivity contribution in [2.75, 3.05) is 43.5 Å². The Morgan fingerprint density at radius 3 is 2.94 bits per heavy atom. The fraction of sp³-hybridized carbons (Fsp3) is 0.381. The third-order valence-corrected chi connectivity index (χ3v) is 4.92. The molecule has 1 aliphatic heterocycles. The van der Waals surface area contributed by atoms with E-state index in [1.54, 1.807) is 31.6 Å². The molecule has 1 saturated heterocycles. The van der Waals surface area contributed by atoms with Gasteiger partial charge >= 0.3 is 0 Å². The molecule has 168 valence electrons. The average molecular weight is 559 g/mol. The van der Waals surface area contributed by atoms with Crippen LogP contribution in [0.25, 0.3) is 0 Å². The molecule has 3 N–H and O–H groups in total. The number of guanidine groups is 1. The number of aliphatic imine (C=N–C) groups is 1. The summed E-state index contributed by atoms with van der Waals surface area (Å²) in [5.41, 5.74) is 1.63. The molecule has 0 spiro atoms. The first-order valence-electron chi connectivity index (χ1n) is 9.92. The number of anilines is 2. The summed E-state index contributed by atoms with van der Waals surface area (Å²) in [5.74, 6) is 1.22. The van der Waals surface area contributed by atoms with E-state index in [2.05, 4.69) is 30.8 Å². The van der Waals surface area contributed by atoms with E-state index in [0.717, 1.165) is 30.9 Å². The van der Waals surface area contributed by atoms with Gasteiger partial charge in [0.1, 0.15) is 12.3 Å². The minimum Gasteiger partial charge on any atom is -0.495 e. The van der Waals surface area contributed by atoms with Gasteiger partial charge in [0.05, 0.1) is 24.7 Å². The van der Waals surface area contributed by atoms with Gasteiger partial charge in [-0.1, -0.05) is 11.6 Å². The van der Waals surface area contributed by atoms with Crippen LogP contribution in [0.3, 0.4) is 0 Å². The molecular weight excluding hydrogens is 531 g/mol. The molecule has 0 bridgehead atoms. The van der Waals surface area contributed by atoms with Crippen molar-refractivity contribution in [3.63, 3.8) is 0 Å². The average Bonchev–Trinajstić information content (AvgIpc) is 3.21. The second-order valence-corrected chi connectivity index (χ2v) is 7.31. The number of ether oxygens (including phenoxy) is 1. The minimum atomic E-state index is -0.197. The molecule has 1 fully saturated rings. The van der Waals surface area contributed by atoms with E-state index in [1.807, 2.05) is 25.1 Å². The zero-order chi connectivity index (χ0) is 21.3. The first-order chi connectivity index (χ1) is 14.6. The van der Waals surface area contributed by atoms with Crippen LogP contribution in [-0.4, -0.2) is 56.2 Å². The number of hydrogen-bond donors (Lipinski definition) is 3. The highest BCUT2D eigenvalue weighted by molar-refractivity contribution is 14.0. The Labute approximate surface area is 204 Å². The lowest BCUT2D eigenvalue weighted by atomic mass is 10.2. The number of hydrogen-bond acceptors (Lipinski definition) is 5. The third-order valence-electron chi connectivity index (χ3n) is 4.68. The smallest absolute Gasteiger partial charge is 0.246 e. The molecule has 2 aromatic rings. The number of benzene rings is 1. The number of amides is 1. The predicted octanol–water partition coefficient (Wildman–Crippen LogP) is 3.13. The zero-order valence-corrected chi connectivity index (χ0v) is 20.7. The fourth-order valence-electron chi connectivity index (χ4n) is 3.31. The van der Waals surface area contributed by atoms with Gasteiger partial charge in [-0.25, -0.2) is 4.99 Å². The Morgan fingerprint density at radius 2 is 2.23 bits per heavy atom. The van der Waals surface area contributed by atoms with Crippen LogP contribution < -0.4 is 25.6 Å². The van der Waals surface area contributed by atoms with E-state index in [1.165, 1.54) is 0 Å². The maximum Gasteiger partial charge on any atom is 0.246 e. The maximum absolute atomic E-state index is 12.2. The Morgan fingerprint density at radius 1 is 1.39 bits per heavy atom. The summed E-state index contributed by atoms with van der Waals surface area (Å²) < 4.78 is 5.48. The molecule has 1 aromatic carbocycles. The highest BCUT2D eigenvalue weighted by atomic mass is 127. The first-order valence-corrected chi connectivity index (χ1v) is 10.3. The number of rotatable bonds is 7. The summed E-state index contributed by atoms with van der Waals surface area (Å²) >= 11 is 6.17. The van der Waals surface area contributed by atoms with E-state index in [0.29, 0.717) is 23.2 Å². The number of aromatic nitrogens is 1. The molecule has 1 amide bonds. The summed E-state index contributed by atoms with van der Waals surface area (Å²) in [6, 6.07) is 9.37. The number of pyridine rings is 1. The van der Waals surface area contributed by atoms with Gasteiger partial charge in [0.15, 0.2) is 5.96 Å². The minimum absolute atomic E-state index is 0.